The molecular formula is C13H13FN2O3. The average Bonchev–Trinajstić information content (AvgIpc) is 2.79. The van der Waals surface area contributed by atoms with Crippen LogP contribution in [0.3, 0.4) is 0 Å². The Hall–Kier alpha value is -2.37. The van der Waals surface area contributed by atoms with E-state index in [0.29, 0.717) is 5.75 Å². The van der Waals surface area contributed by atoms with Gasteiger partial charge >= 0.3 is 5.97 Å². The normalized spacial score (nSPS) is 10.4. The van der Waals surface area contributed by atoms with Crippen LogP contribution < -0.4 is 4.74 Å². The van der Waals surface area contributed by atoms with Crippen molar-refractivity contribution in [1.29, 1.82) is 0 Å². The van der Waals surface area contributed by atoms with Crippen molar-refractivity contribution in [2.24, 2.45) is 0 Å². The number of ether oxygens (including phenoxy) is 1. The second-order valence-corrected chi connectivity index (χ2v) is 3.99. The molecule has 0 bridgehead atoms. The van der Waals surface area contributed by atoms with E-state index in [1.54, 1.807) is 10.9 Å². The fourth-order valence-corrected chi connectivity index (χ4v) is 1.63. The van der Waals surface area contributed by atoms with E-state index in [9.17, 15) is 9.18 Å². The number of hydrogen-bond acceptors (Lipinski definition) is 3. The minimum absolute atomic E-state index is 0.0879. The van der Waals surface area contributed by atoms with Gasteiger partial charge in [-0.15, -0.1) is 0 Å². The van der Waals surface area contributed by atoms with E-state index in [4.69, 9.17) is 9.84 Å². The molecule has 0 aliphatic carbocycles. The fraction of sp³-hybridized carbons (Fsp3) is 0.231. The summed E-state index contributed by atoms with van der Waals surface area (Å²) < 4.78 is 20.1. The van der Waals surface area contributed by atoms with E-state index in [2.05, 4.69) is 5.10 Å². The van der Waals surface area contributed by atoms with Crippen LogP contribution in [-0.2, 0) is 6.54 Å². The zero-order valence-corrected chi connectivity index (χ0v) is 10.3. The molecule has 2 rings (SSSR count). The molecule has 1 heterocycles. The number of rotatable bonds is 5. The summed E-state index contributed by atoms with van der Waals surface area (Å²) >= 11 is 0. The van der Waals surface area contributed by atoms with E-state index in [1.165, 1.54) is 12.3 Å². The van der Waals surface area contributed by atoms with Crippen LogP contribution in [-0.4, -0.2) is 20.9 Å². The summed E-state index contributed by atoms with van der Waals surface area (Å²) in [5.74, 6) is -1.35. The third-order valence-electron chi connectivity index (χ3n) is 2.46. The third kappa shape index (κ3) is 3.09. The first kappa shape index (κ1) is 13.1. The molecule has 2 aromatic rings. The highest BCUT2D eigenvalue weighted by molar-refractivity contribution is 5.91. The molecule has 5 nitrogen and oxygen atoms in total. The Labute approximate surface area is 109 Å². The van der Waals surface area contributed by atoms with Gasteiger partial charge in [-0.25, -0.2) is 9.18 Å². The van der Waals surface area contributed by atoms with E-state index < -0.39 is 11.8 Å². The van der Waals surface area contributed by atoms with Crippen molar-refractivity contribution in [2.75, 3.05) is 0 Å². The number of carbonyl (C=O) groups is 1. The Morgan fingerprint density at radius 1 is 1.53 bits per heavy atom. The van der Waals surface area contributed by atoms with Crippen molar-refractivity contribution in [3.05, 3.63) is 42.0 Å². The summed E-state index contributed by atoms with van der Waals surface area (Å²) in [6.45, 7) is 2.77. The van der Waals surface area contributed by atoms with Crippen molar-refractivity contribution < 1.29 is 19.0 Å². The summed E-state index contributed by atoms with van der Waals surface area (Å²) in [6, 6.07) is 3.36. The molecule has 0 aliphatic rings. The highest BCUT2D eigenvalue weighted by atomic mass is 19.1. The maximum absolute atomic E-state index is 13.0. The fourth-order valence-electron chi connectivity index (χ4n) is 1.63. The molecule has 19 heavy (non-hydrogen) atoms. The van der Waals surface area contributed by atoms with Crippen LogP contribution in [0.2, 0.25) is 0 Å². The van der Waals surface area contributed by atoms with Gasteiger partial charge in [0.1, 0.15) is 17.1 Å². The minimum atomic E-state index is -1.24. The molecule has 1 aromatic carbocycles. The SMILES string of the molecule is CCCn1cc(Oc2ccc(F)cc2C(=O)O)cn1. The van der Waals surface area contributed by atoms with Crippen LogP contribution in [0.4, 0.5) is 4.39 Å². The molecule has 0 atom stereocenters. The van der Waals surface area contributed by atoms with Crippen LogP contribution in [0.15, 0.2) is 30.6 Å². The van der Waals surface area contributed by atoms with Crippen molar-refractivity contribution in [3.63, 3.8) is 0 Å². The zero-order chi connectivity index (χ0) is 13.8. The molecule has 0 unspecified atom stereocenters. The monoisotopic (exact) mass is 264 g/mol. The lowest BCUT2D eigenvalue weighted by Gasteiger charge is -2.06. The van der Waals surface area contributed by atoms with Gasteiger partial charge in [-0.2, -0.15) is 5.10 Å². The minimum Gasteiger partial charge on any atom is -0.478 e. The molecule has 0 aliphatic heterocycles. The number of carboxylic acids is 1. The van der Waals surface area contributed by atoms with Crippen molar-refractivity contribution >= 4 is 5.97 Å². The standard InChI is InChI=1S/C13H13FN2O3/c1-2-5-16-8-10(7-15-16)19-12-4-3-9(14)6-11(12)13(17)18/h3-4,6-8H,2,5H2,1H3,(H,17,18). The number of benzene rings is 1. The van der Waals surface area contributed by atoms with Crippen molar-refractivity contribution in [3.8, 4) is 11.5 Å². The predicted octanol–water partition coefficient (Wildman–Crippen LogP) is 2.92. The third-order valence-corrected chi connectivity index (χ3v) is 2.46. The Morgan fingerprint density at radius 2 is 2.32 bits per heavy atom. The highest BCUT2D eigenvalue weighted by Crippen LogP contribution is 2.25. The Balaban J connectivity index is 2.24. The number of aromatic nitrogens is 2. The summed E-state index contributed by atoms with van der Waals surface area (Å²) in [5, 5.41) is 13.1. The number of aryl methyl sites for hydroxylation is 1. The molecule has 0 amide bonds. The lowest BCUT2D eigenvalue weighted by molar-refractivity contribution is 0.0693. The lowest BCUT2D eigenvalue weighted by atomic mass is 10.2. The molecular weight excluding hydrogens is 251 g/mol. The smallest absolute Gasteiger partial charge is 0.339 e. The van der Waals surface area contributed by atoms with Crippen LogP contribution in [0.5, 0.6) is 11.5 Å². The highest BCUT2D eigenvalue weighted by Gasteiger charge is 2.14. The van der Waals surface area contributed by atoms with Gasteiger partial charge in [0.2, 0.25) is 0 Å². The second-order valence-electron chi connectivity index (χ2n) is 3.99. The number of halogens is 1. The summed E-state index contributed by atoms with van der Waals surface area (Å²) in [4.78, 5) is 11.0. The molecule has 0 spiro atoms. The average molecular weight is 264 g/mol. The van der Waals surface area contributed by atoms with E-state index >= 15 is 0 Å². The summed E-state index contributed by atoms with van der Waals surface area (Å²) in [7, 11) is 0. The molecule has 0 saturated heterocycles. The van der Waals surface area contributed by atoms with Crippen LogP contribution >= 0.6 is 0 Å². The molecule has 1 N–H and O–H groups in total. The summed E-state index contributed by atoms with van der Waals surface area (Å²) in [6.07, 6.45) is 4.08. The van der Waals surface area contributed by atoms with Gasteiger partial charge in [0, 0.05) is 6.54 Å². The van der Waals surface area contributed by atoms with Gasteiger partial charge in [-0.1, -0.05) is 6.92 Å². The van der Waals surface area contributed by atoms with E-state index in [-0.39, 0.29) is 11.3 Å². The first-order valence-electron chi connectivity index (χ1n) is 5.83. The lowest BCUT2D eigenvalue weighted by Crippen LogP contribution is -2.00. The number of hydrogen-bond donors (Lipinski definition) is 1. The molecule has 6 heteroatoms. The number of nitrogens with zero attached hydrogens (tertiary/aromatic N) is 2. The van der Waals surface area contributed by atoms with Crippen LogP contribution in [0, 0.1) is 5.82 Å². The molecule has 100 valence electrons. The van der Waals surface area contributed by atoms with Gasteiger partial charge in [-0.05, 0) is 24.6 Å². The van der Waals surface area contributed by atoms with Gasteiger partial charge < -0.3 is 9.84 Å². The molecule has 1 aromatic heterocycles. The van der Waals surface area contributed by atoms with Crippen molar-refractivity contribution in [1.82, 2.24) is 9.78 Å². The first-order chi connectivity index (χ1) is 9.10. The molecule has 0 saturated carbocycles. The van der Waals surface area contributed by atoms with Gasteiger partial charge in [0.25, 0.3) is 0 Å². The Bertz CT molecular complexity index is 595. The molecule has 0 radical (unpaired) electrons. The van der Waals surface area contributed by atoms with Crippen LogP contribution in [0.25, 0.3) is 0 Å². The topological polar surface area (TPSA) is 64.3 Å². The zero-order valence-electron chi connectivity index (χ0n) is 10.3. The molecule has 0 fully saturated rings. The van der Waals surface area contributed by atoms with Gasteiger partial charge in [0.15, 0.2) is 5.75 Å². The largest absolute Gasteiger partial charge is 0.478 e. The quantitative estimate of drug-likeness (QED) is 0.901. The Kier molecular flexibility index (Phi) is 3.79. The van der Waals surface area contributed by atoms with E-state index in [0.717, 1.165) is 25.1 Å². The maximum atomic E-state index is 13.0. The van der Waals surface area contributed by atoms with Crippen LogP contribution in [0.1, 0.15) is 23.7 Å². The van der Waals surface area contributed by atoms with Crippen molar-refractivity contribution in [2.45, 2.75) is 19.9 Å². The first-order valence-corrected chi connectivity index (χ1v) is 5.83. The summed E-state index contributed by atoms with van der Waals surface area (Å²) in [5.41, 5.74) is -0.219. The van der Waals surface area contributed by atoms with Gasteiger partial charge in [-0.3, -0.25) is 4.68 Å². The number of aromatic carboxylic acids is 1. The Morgan fingerprint density at radius 3 is 3.00 bits per heavy atom. The van der Waals surface area contributed by atoms with Gasteiger partial charge in [0.05, 0.1) is 12.4 Å². The van der Waals surface area contributed by atoms with E-state index in [1.807, 2.05) is 6.92 Å². The maximum Gasteiger partial charge on any atom is 0.339 e. The number of carboxylic acid groups (broad SMARTS) is 1. The predicted molar refractivity (Wildman–Crippen MR) is 66.0 cm³/mol. The second kappa shape index (κ2) is 5.51.